The number of piperidine rings is 1. The zero-order valence-electron chi connectivity index (χ0n) is 22.4. The lowest BCUT2D eigenvalue weighted by Crippen LogP contribution is -2.32. The van der Waals surface area contributed by atoms with Gasteiger partial charge in [0, 0.05) is 22.1 Å². The van der Waals surface area contributed by atoms with Crippen molar-refractivity contribution in [3.8, 4) is 33.0 Å². The van der Waals surface area contributed by atoms with Crippen LogP contribution in [0.1, 0.15) is 44.8 Å². The Morgan fingerprint density at radius 1 is 1.02 bits per heavy atom. The summed E-state index contributed by atoms with van der Waals surface area (Å²) in [6.07, 6.45) is 2.09. The number of likely N-dealkylation sites (tertiary alicyclic amines) is 1. The predicted molar refractivity (Wildman–Crippen MR) is 163 cm³/mol. The number of carbonyl (C=O) groups excluding carboxylic acids is 1. The molecule has 4 heterocycles. The highest BCUT2D eigenvalue weighted by Crippen LogP contribution is 2.42. The molecule has 0 N–H and O–H groups in total. The van der Waals surface area contributed by atoms with E-state index in [9.17, 15) is 4.79 Å². The Kier molecular flexibility index (Phi) is 7.89. The van der Waals surface area contributed by atoms with Crippen molar-refractivity contribution in [3.63, 3.8) is 0 Å². The van der Waals surface area contributed by atoms with Crippen molar-refractivity contribution in [1.29, 1.82) is 0 Å². The fourth-order valence-electron chi connectivity index (χ4n) is 5.14. The minimum atomic E-state index is -0.336. The quantitative estimate of drug-likeness (QED) is 0.178. The second-order valence-corrected chi connectivity index (χ2v) is 12.5. The highest BCUT2D eigenvalue weighted by Gasteiger charge is 2.26. The molecule has 0 spiro atoms. The summed E-state index contributed by atoms with van der Waals surface area (Å²) in [6, 6.07) is 22.5. The van der Waals surface area contributed by atoms with E-state index in [2.05, 4.69) is 48.2 Å². The van der Waals surface area contributed by atoms with Gasteiger partial charge in [0.25, 0.3) is 0 Å². The SMILES string of the molecule is COC(=O)c1sccc1-c1ccc(CN2CCC(c3nc(-c4ccc(Cl)cc4)c(-c4ccc(C)cc4)s3)CC2)o1. The number of esters is 1. The molecule has 5 nitrogen and oxygen atoms in total. The number of thiazole rings is 1. The summed E-state index contributed by atoms with van der Waals surface area (Å²) in [5.74, 6) is 1.69. The molecule has 2 aromatic carbocycles. The van der Waals surface area contributed by atoms with E-state index in [-0.39, 0.29) is 5.97 Å². The van der Waals surface area contributed by atoms with Gasteiger partial charge in [0.2, 0.25) is 0 Å². The lowest BCUT2D eigenvalue weighted by atomic mass is 9.97. The van der Waals surface area contributed by atoms with Gasteiger partial charge in [-0.15, -0.1) is 22.7 Å². The van der Waals surface area contributed by atoms with Crippen LogP contribution in [-0.2, 0) is 11.3 Å². The number of aryl methyl sites for hydroxylation is 1. The van der Waals surface area contributed by atoms with Crippen LogP contribution in [0.3, 0.4) is 0 Å². The number of methoxy groups -OCH3 is 1. The maximum absolute atomic E-state index is 12.1. The molecule has 0 unspecified atom stereocenters. The van der Waals surface area contributed by atoms with Crippen LogP contribution >= 0.6 is 34.3 Å². The van der Waals surface area contributed by atoms with Gasteiger partial charge in [0.15, 0.2) is 0 Å². The van der Waals surface area contributed by atoms with Crippen LogP contribution in [0, 0.1) is 6.92 Å². The van der Waals surface area contributed by atoms with E-state index in [4.69, 9.17) is 25.7 Å². The van der Waals surface area contributed by atoms with Gasteiger partial charge >= 0.3 is 5.97 Å². The molecular weight excluding hydrogens is 560 g/mol. The van der Waals surface area contributed by atoms with Gasteiger partial charge in [-0.05, 0) is 74.1 Å². The van der Waals surface area contributed by atoms with Crippen LogP contribution in [0.5, 0.6) is 0 Å². The third-order valence-electron chi connectivity index (χ3n) is 7.35. The Bertz CT molecular complexity index is 1550. The third kappa shape index (κ3) is 5.65. The van der Waals surface area contributed by atoms with Crippen LogP contribution in [0.4, 0.5) is 0 Å². The molecule has 0 radical (unpaired) electrons. The van der Waals surface area contributed by atoms with Crippen LogP contribution in [-0.4, -0.2) is 36.1 Å². The van der Waals surface area contributed by atoms with Crippen molar-refractivity contribution in [2.24, 2.45) is 0 Å². The second kappa shape index (κ2) is 11.7. The Hall–Kier alpha value is -3.23. The molecular formula is C32H29ClN2O3S2. The molecule has 6 rings (SSSR count). The summed E-state index contributed by atoms with van der Waals surface area (Å²) in [5, 5.41) is 3.81. The van der Waals surface area contributed by atoms with E-state index in [1.54, 1.807) is 0 Å². The van der Waals surface area contributed by atoms with Crippen molar-refractivity contribution < 1.29 is 13.9 Å². The molecule has 8 heteroatoms. The van der Waals surface area contributed by atoms with Crippen LogP contribution < -0.4 is 0 Å². The fraction of sp³-hybridized carbons (Fsp3) is 0.250. The van der Waals surface area contributed by atoms with Crippen molar-refractivity contribution in [3.05, 3.63) is 98.3 Å². The lowest BCUT2D eigenvalue weighted by molar-refractivity contribution is 0.0607. The molecule has 0 atom stereocenters. The first kappa shape index (κ1) is 27.0. The van der Waals surface area contributed by atoms with Gasteiger partial charge in [0.1, 0.15) is 16.4 Å². The predicted octanol–water partition coefficient (Wildman–Crippen LogP) is 8.93. The number of hydrogen-bond donors (Lipinski definition) is 0. The third-order valence-corrected chi connectivity index (χ3v) is 9.77. The molecule has 0 aliphatic carbocycles. The first-order chi connectivity index (χ1) is 19.5. The molecule has 204 valence electrons. The molecule has 1 fully saturated rings. The van der Waals surface area contributed by atoms with Crippen LogP contribution in [0.25, 0.3) is 33.0 Å². The number of carbonyl (C=O) groups is 1. The normalized spacial score (nSPS) is 14.5. The van der Waals surface area contributed by atoms with Crippen LogP contribution in [0.15, 0.2) is 76.5 Å². The average molecular weight is 589 g/mol. The number of hydrogen-bond acceptors (Lipinski definition) is 7. The van der Waals surface area contributed by atoms with Gasteiger partial charge in [-0.2, -0.15) is 0 Å². The number of aromatic nitrogens is 1. The van der Waals surface area contributed by atoms with E-state index < -0.39 is 0 Å². The number of halogens is 1. The number of ether oxygens (including phenoxy) is 1. The zero-order valence-corrected chi connectivity index (χ0v) is 24.7. The Morgan fingerprint density at radius 3 is 2.48 bits per heavy atom. The number of furan rings is 1. The number of nitrogens with zero attached hydrogens (tertiary/aromatic N) is 2. The first-order valence-corrected chi connectivity index (χ1v) is 15.4. The minimum Gasteiger partial charge on any atom is -0.465 e. The minimum absolute atomic E-state index is 0.336. The summed E-state index contributed by atoms with van der Waals surface area (Å²) in [5.41, 5.74) is 5.36. The molecule has 0 bridgehead atoms. The molecule has 1 saturated heterocycles. The van der Waals surface area contributed by atoms with Crippen LogP contribution in [0.2, 0.25) is 5.02 Å². The summed E-state index contributed by atoms with van der Waals surface area (Å²) < 4.78 is 11.1. The van der Waals surface area contributed by atoms with Crippen molar-refractivity contribution >= 4 is 40.2 Å². The largest absolute Gasteiger partial charge is 0.465 e. The second-order valence-electron chi connectivity index (χ2n) is 10.1. The van der Waals surface area contributed by atoms with E-state index in [1.165, 1.54) is 39.5 Å². The fourth-order valence-corrected chi connectivity index (χ4v) is 7.34. The van der Waals surface area contributed by atoms with Gasteiger partial charge in [-0.25, -0.2) is 9.78 Å². The van der Waals surface area contributed by atoms with Crippen molar-refractivity contribution in [1.82, 2.24) is 9.88 Å². The molecule has 1 aliphatic rings. The number of benzene rings is 2. The molecule has 0 amide bonds. The molecule has 1 aliphatic heterocycles. The molecule has 0 saturated carbocycles. The maximum Gasteiger partial charge on any atom is 0.348 e. The van der Waals surface area contributed by atoms with Gasteiger partial charge in [-0.1, -0.05) is 53.6 Å². The maximum atomic E-state index is 12.1. The van der Waals surface area contributed by atoms with E-state index >= 15 is 0 Å². The molecule has 40 heavy (non-hydrogen) atoms. The van der Waals surface area contributed by atoms with Crippen molar-refractivity contribution in [2.45, 2.75) is 32.2 Å². The summed E-state index contributed by atoms with van der Waals surface area (Å²) in [4.78, 5) is 21.5. The monoisotopic (exact) mass is 588 g/mol. The standard InChI is InChI=1S/C32H29ClN2O3S2/c1-20-3-5-22(6-4-20)29-28(21-7-9-24(33)10-8-21)34-31(40-29)23-13-16-35(17-14-23)19-25-11-12-27(38-25)26-15-18-39-30(26)32(36)37-2/h3-12,15,18,23H,13-14,16-17,19H2,1-2H3. The highest BCUT2D eigenvalue weighted by molar-refractivity contribution is 7.15. The Labute approximate surface area is 247 Å². The summed E-state index contributed by atoms with van der Waals surface area (Å²) in [6.45, 7) is 4.80. The molecule has 5 aromatic rings. The van der Waals surface area contributed by atoms with Gasteiger partial charge in [-0.3, -0.25) is 4.90 Å². The summed E-state index contributed by atoms with van der Waals surface area (Å²) in [7, 11) is 1.40. The topological polar surface area (TPSA) is 55.6 Å². The lowest BCUT2D eigenvalue weighted by Gasteiger charge is -2.30. The molecule has 3 aromatic heterocycles. The highest BCUT2D eigenvalue weighted by atomic mass is 35.5. The first-order valence-electron chi connectivity index (χ1n) is 13.3. The number of thiophene rings is 1. The smallest absolute Gasteiger partial charge is 0.348 e. The van der Waals surface area contributed by atoms with Gasteiger partial charge in [0.05, 0.1) is 29.2 Å². The van der Waals surface area contributed by atoms with E-state index in [1.807, 2.05) is 47.0 Å². The average Bonchev–Trinajstić information content (AvgIpc) is 3.74. The number of rotatable bonds is 7. The van der Waals surface area contributed by atoms with Gasteiger partial charge < -0.3 is 9.15 Å². The Balaban J connectivity index is 1.16. The summed E-state index contributed by atoms with van der Waals surface area (Å²) >= 11 is 9.36. The Morgan fingerprint density at radius 2 is 1.75 bits per heavy atom. The van der Waals surface area contributed by atoms with E-state index in [0.29, 0.717) is 16.6 Å². The van der Waals surface area contributed by atoms with Crippen molar-refractivity contribution in [2.75, 3.05) is 20.2 Å². The zero-order chi connectivity index (χ0) is 27.6. The van der Waals surface area contributed by atoms with E-state index in [0.717, 1.165) is 60.1 Å².